The van der Waals surface area contributed by atoms with Crippen LogP contribution >= 0.6 is 11.6 Å². The fraction of sp³-hybridized carbons (Fsp3) is 0. The third-order valence-electron chi connectivity index (χ3n) is 1.71. The topological polar surface area (TPSA) is 141 Å². The average molecular weight is 283 g/mol. The molecule has 0 radical (unpaired) electrons. The Balaban J connectivity index is 3.78. The van der Waals surface area contributed by atoms with Crippen LogP contribution in [0.15, 0.2) is 17.0 Å². The van der Waals surface area contributed by atoms with E-state index in [0.717, 1.165) is 0 Å². The summed E-state index contributed by atoms with van der Waals surface area (Å²) in [6.45, 7) is 0. The van der Waals surface area contributed by atoms with Crippen LogP contribution in [0, 0.1) is 20.2 Å². The Morgan fingerprint density at radius 2 is 1.53 bits per heavy atom. The van der Waals surface area contributed by atoms with E-state index in [0.29, 0.717) is 12.1 Å². The second-order valence-corrected chi connectivity index (χ2v) is 4.47. The molecule has 0 aliphatic carbocycles. The molecule has 17 heavy (non-hydrogen) atoms. The van der Waals surface area contributed by atoms with Crippen LogP contribution in [0.25, 0.3) is 0 Å². The molecular weight excluding hydrogens is 280 g/mol. The van der Waals surface area contributed by atoms with E-state index in [2.05, 4.69) is 0 Å². The molecule has 0 fully saturated rings. The monoisotopic (exact) mass is 282 g/mol. The minimum absolute atomic E-state index is 0.577. The van der Waals surface area contributed by atoms with Gasteiger partial charge in [-0.1, -0.05) is 11.6 Å². The lowest BCUT2D eigenvalue weighted by Crippen LogP contribution is -2.06. The molecule has 0 heterocycles. The first kappa shape index (κ1) is 13.3. The lowest BCUT2D eigenvalue weighted by molar-refractivity contribution is -0.391. The van der Waals surface area contributed by atoms with Gasteiger partial charge in [0, 0.05) is 12.1 Å². The van der Waals surface area contributed by atoms with Gasteiger partial charge < -0.3 is 0 Å². The first-order chi connectivity index (χ1) is 7.66. The Morgan fingerprint density at radius 3 is 1.88 bits per heavy atom. The fourth-order valence-electron chi connectivity index (χ4n) is 1.07. The summed E-state index contributed by atoms with van der Waals surface area (Å²) in [6, 6.07) is 1.25. The van der Waals surface area contributed by atoms with Crippen molar-refractivity contribution >= 4 is 33.1 Å². The van der Waals surface area contributed by atoms with Crippen molar-refractivity contribution in [2.24, 2.45) is 0 Å². The fourth-order valence-corrected chi connectivity index (χ4v) is 2.32. The van der Waals surface area contributed by atoms with Gasteiger partial charge in [0.1, 0.15) is 5.02 Å². The third kappa shape index (κ3) is 2.49. The number of halogens is 1. The Hall–Kier alpha value is -1.78. The average Bonchev–Trinajstić information content (AvgIpc) is 2.14. The zero-order valence-corrected chi connectivity index (χ0v) is 9.30. The molecule has 0 aromatic heterocycles. The molecule has 0 aliphatic heterocycles. The predicted octanol–water partition coefficient (Wildman–Crippen LogP) is 1.40. The van der Waals surface area contributed by atoms with Crippen molar-refractivity contribution in [3.63, 3.8) is 0 Å². The Morgan fingerprint density at radius 1 is 1.12 bits per heavy atom. The van der Waals surface area contributed by atoms with E-state index >= 15 is 0 Å². The summed E-state index contributed by atoms with van der Waals surface area (Å²) in [5.41, 5.74) is -1.90. The van der Waals surface area contributed by atoms with Crippen molar-refractivity contribution in [2.45, 2.75) is 4.90 Å². The van der Waals surface area contributed by atoms with Crippen LogP contribution in [0.5, 0.6) is 0 Å². The summed E-state index contributed by atoms with van der Waals surface area (Å²) in [5, 5.41) is 20.0. The molecule has 0 aliphatic rings. The molecule has 11 heteroatoms. The summed E-state index contributed by atoms with van der Waals surface area (Å²) in [4.78, 5) is 17.5. The number of hydrogen-bond donors (Lipinski definition) is 1. The molecule has 0 bridgehead atoms. The minimum Gasteiger partial charge on any atom is -0.282 e. The quantitative estimate of drug-likeness (QED) is 0.501. The van der Waals surface area contributed by atoms with Gasteiger partial charge in [0.25, 0.3) is 11.4 Å². The molecule has 0 spiro atoms. The van der Waals surface area contributed by atoms with Gasteiger partial charge in [-0.15, -0.1) is 0 Å². The normalized spacial score (nSPS) is 11.2. The summed E-state index contributed by atoms with van der Waals surface area (Å²) in [7, 11) is -5.04. The van der Waals surface area contributed by atoms with E-state index in [9.17, 15) is 28.6 Å². The van der Waals surface area contributed by atoms with Crippen LogP contribution in [0.1, 0.15) is 0 Å². The second-order valence-electron chi connectivity index (χ2n) is 2.74. The van der Waals surface area contributed by atoms with E-state index in [1.54, 1.807) is 0 Å². The van der Waals surface area contributed by atoms with Crippen molar-refractivity contribution in [1.29, 1.82) is 0 Å². The standard InChI is InChI=1S/C6H3ClN2O7S/c7-5-3(8(10)11)1-2-4(9(12)13)6(5)17(14,15)16/h1-2H,(H,14,15,16). The number of nitro groups is 2. The van der Waals surface area contributed by atoms with Crippen LogP contribution in [0.3, 0.4) is 0 Å². The maximum Gasteiger partial charge on any atom is 0.303 e. The third-order valence-corrected chi connectivity index (χ3v) is 3.13. The zero-order chi connectivity index (χ0) is 13.4. The van der Waals surface area contributed by atoms with E-state index in [1.165, 1.54) is 0 Å². The Labute approximate surface area is 98.7 Å². The number of benzene rings is 1. The highest BCUT2D eigenvalue weighted by Crippen LogP contribution is 2.37. The molecule has 0 atom stereocenters. The van der Waals surface area contributed by atoms with Gasteiger partial charge in [0.2, 0.25) is 0 Å². The maximum absolute atomic E-state index is 10.9. The van der Waals surface area contributed by atoms with Gasteiger partial charge in [-0.05, 0) is 0 Å². The molecular formula is C6H3ClN2O7S. The van der Waals surface area contributed by atoms with Crippen LogP contribution in [0.2, 0.25) is 5.02 Å². The lowest BCUT2D eigenvalue weighted by atomic mass is 10.3. The molecule has 0 saturated carbocycles. The molecule has 1 aromatic carbocycles. The molecule has 0 saturated heterocycles. The van der Waals surface area contributed by atoms with E-state index in [-0.39, 0.29) is 0 Å². The molecule has 9 nitrogen and oxygen atoms in total. The first-order valence-electron chi connectivity index (χ1n) is 3.75. The van der Waals surface area contributed by atoms with Gasteiger partial charge in [0.15, 0.2) is 4.90 Å². The highest BCUT2D eigenvalue weighted by Gasteiger charge is 2.32. The first-order valence-corrected chi connectivity index (χ1v) is 5.57. The van der Waals surface area contributed by atoms with Crippen LogP contribution in [0.4, 0.5) is 11.4 Å². The van der Waals surface area contributed by atoms with E-state index in [1.807, 2.05) is 0 Å². The summed E-state index contributed by atoms with van der Waals surface area (Å²) < 4.78 is 30.6. The van der Waals surface area contributed by atoms with Crippen LogP contribution in [-0.2, 0) is 10.1 Å². The molecule has 1 rings (SSSR count). The molecule has 0 unspecified atom stereocenters. The van der Waals surface area contributed by atoms with Gasteiger partial charge in [-0.25, -0.2) is 0 Å². The SMILES string of the molecule is O=[N+]([O-])c1ccc([N+](=O)[O-])c(S(=O)(=O)O)c1Cl. The largest absolute Gasteiger partial charge is 0.303 e. The maximum atomic E-state index is 10.9. The number of nitrogens with zero attached hydrogens (tertiary/aromatic N) is 2. The summed E-state index contributed by atoms with van der Waals surface area (Å²) in [5.74, 6) is 0. The number of rotatable bonds is 3. The van der Waals surface area contributed by atoms with Gasteiger partial charge in [-0.2, -0.15) is 8.42 Å². The highest BCUT2D eigenvalue weighted by atomic mass is 35.5. The van der Waals surface area contributed by atoms with Crippen molar-refractivity contribution in [1.82, 2.24) is 0 Å². The second kappa shape index (κ2) is 4.24. The summed E-state index contributed by atoms with van der Waals surface area (Å²) in [6.07, 6.45) is 0. The van der Waals surface area contributed by atoms with Crippen molar-refractivity contribution in [2.75, 3.05) is 0 Å². The zero-order valence-electron chi connectivity index (χ0n) is 7.73. The molecule has 92 valence electrons. The van der Waals surface area contributed by atoms with E-state index in [4.69, 9.17) is 16.2 Å². The van der Waals surface area contributed by atoms with Gasteiger partial charge >= 0.3 is 10.1 Å². The summed E-state index contributed by atoms with van der Waals surface area (Å²) >= 11 is 5.35. The van der Waals surface area contributed by atoms with Crippen molar-refractivity contribution in [3.05, 3.63) is 37.4 Å². The number of nitro benzene ring substituents is 2. The Bertz CT molecular complexity index is 611. The highest BCUT2D eigenvalue weighted by molar-refractivity contribution is 7.86. The minimum atomic E-state index is -5.04. The van der Waals surface area contributed by atoms with Gasteiger partial charge in [-0.3, -0.25) is 24.8 Å². The lowest BCUT2D eigenvalue weighted by Gasteiger charge is -2.02. The smallest absolute Gasteiger partial charge is 0.282 e. The van der Waals surface area contributed by atoms with Crippen LogP contribution < -0.4 is 0 Å². The Kier molecular flexibility index (Phi) is 3.31. The van der Waals surface area contributed by atoms with Crippen molar-refractivity contribution < 1.29 is 22.8 Å². The van der Waals surface area contributed by atoms with Crippen LogP contribution in [-0.4, -0.2) is 22.8 Å². The molecule has 1 aromatic rings. The predicted molar refractivity (Wildman–Crippen MR) is 54.6 cm³/mol. The molecule has 0 amide bonds. The number of hydrogen-bond acceptors (Lipinski definition) is 6. The molecule has 1 N–H and O–H groups in total. The van der Waals surface area contributed by atoms with E-state index < -0.39 is 41.3 Å². The van der Waals surface area contributed by atoms with Crippen molar-refractivity contribution in [3.8, 4) is 0 Å². The van der Waals surface area contributed by atoms with Gasteiger partial charge in [0.05, 0.1) is 9.85 Å².